The Kier molecular flexibility index (Phi) is 6.74. The fourth-order valence-corrected chi connectivity index (χ4v) is 5.45. The van der Waals surface area contributed by atoms with Gasteiger partial charge in [-0.25, -0.2) is 4.39 Å². The largest absolute Gasteiger partial charge is 0.356 e. The lowest BCUT2D eigenvalue weighted by molar-refractivity contribution is -0.119. The van der Waals surface area contributed by atoms with Crippen LogP contribution in [-0.4, -0.2) is 35.6 Å². The molecule has 3 aromatic rings. The predicted octanol–water partition coefficient (Wildman–Crippen LogP) is 5.75. The molecule has 3 heterocycles. The highest BCUT2D eigenvalue weighted by atomic mass is 32.1. The van der Waals surface area contributed by atoms with E-state index in [4.69, 9.17) is 4.52 Å². The van der Waals surface area contributed by atoms with Crippen molar-refractivity contribution in [2.24, 2.45) is 0 Å². The molecule has 1 fully saturated rings. The number of likely N-dealkylation sites (tertiary alicyclic amines) is 1. The number of rotatable bonds is 6. The Bertz CT molecular complexity index is 1270. The Morgan fingerprint density at radius 3 is 2.65 bits per heavy atom. The standard InChI is InChI=1S/C21H24FN3O2S.C6H4/c1-14(26)23-13-16-7-11-28-20(16)6-10-25-8-4-15(5-9-25)21-18-3-2-17(22)12-19(18)27-24-21;1-2-5-4-6(5)3-1/h2-3,7,11-12,15H,4-6,8-10,13H2,1H3,(H,23,26);1-4H. The van der Waals surface area contributed by atoms with Crippen LogP contribution < -0.4 is 5.32 Å². The van der Waals surface area contributed by atoms with Crippen molar-refractivity contribution in [2.75, 3.05) is 19.6 Å². The third-order valence-corrected chi connectivity index (χ3v) is 7.59. The fourth-order valence-electron chi connectivity index (χ4n) is 4.55. The van der Waals surface area contributed by atoms with Crippen molar-refractivity contribution in [1.82, 2.24) is 15.4 Å². The summed E-state index contributed by atoms with van der Waals surface area (Å²) in [6.07, 6.45) is 3.06. The molecule has 1 aliphatic heterocycles. The van der Waals surface area contributed by atoms with Crippen molar-refractivity contribution in [3.05, 3.63) is 75.9 Å². The summed E-state index contributed by atoms with van der Waals surface area (Å²) in [7, 11) is 0. The minimum absolute atomic E-state index is 0.00217. The molecule has 0 atom stereocenters. The number of aromatic nitrogens is 1. The van der Waals surface area contributed by atoms with Crippen LogP contribution in [0.4, 0.5) is 4.39 Å². The summed E-state index contributed by atoms with van der Waals surface area (Å²) in [5.41, 5.74) is 5.56. The molecular weight excluding hydrogens is 449 g/mol. The average Bonchev–Trinajstić information content (AvgIpc) is 3.20. The summed E-state index contributed by atoms with van der Waals surface area (Å²) in [5.74, 6) is 0.0684. The number of fused-ring (bicyclic) bond motifs is 2. The molecule has 1 saturated heterocycles. The highest BCUT2D eigenvalue weighted by molar-refractivity contribution is 7.10. The molecule has 0 bridgehead atoms. The number of hydrogen-bond donors (Lipinski definition) is 1. The Balaban J connectivity index is 0.000000343. The van der Waals surface area contributed by atoms with E-state index in [1.807, 2.05) is 0 Å². The van der Waals surface area contributed by atoms with Gasteiger partial charge in [-0.15, -0.1) is 11.3 Å². The molecule has 1 amide bonds. The molecule has 3 aliphatic rings. The second kappa shape index (κ2) is 10.1. The van der Waals surface area contributed by atoms with Crippen LogP contribution in [0.5, 0.6) is 0 Å². The number of amides is 1. The molecular formula is C27H28FN3O2S. The van der Waals surface area contributed by atoms with Gasteiger partial charge < -0.3 is 14.7 Å². The molecule has 0 radical (unpaired) electrons. The quantitative estimate of drug-likeness (QED) is 0.338. The van der Waals surface area contributed by atoms with E-state index >= 15 is 0 Å². The van der Waals surface area contributed by atoms with Gasteiger partial charge in [0.25, 0.3) is 0 Å². The number of nitrogens with zero attached hydrogens (tertiary/aromatic N) is 2. The van der Waals surface area contributed by atoms with Gasteiger partial charge in [-0.1, -0.05) is 23.4 Å². The Hall–Kier alpha value is -3.03. The highest BCUT2D eigenvalue weighted by Crippen LogP contribution is 2.33. The first kappa shape index (κ1) is 22.7. The van der Waals surface area contributed by atoms with Crippen molar-refractivity contribution in [1.29, 1.82) is 0 Å². The van der Waals surface area contributed by atoms with Gasteiger partial charge >= 0.3 is 0 Å². The van der Waals surface area contributed by atoms with Gasteiger partial charge in [-0.05, 0) is 78.7 Å². The van der Waals surface area contributed by atoms with Crippen molar-refractivity contribution >= 4 is 28.2 Å². The molecule has 0 unspecified atom stereocenters. The second-order valence-electron chi connectivity index (χ2n) is 8.93. The van der Waals surface area contributed by atoms with Crippen LogP contribution in [0.3, 0.4) is 0 Å². The minimum atomic E-state index is -0.295. The van der Waals surface area contributed by atoms with E-state index in [0.29, 0.717) is 18.0 Å². The van der Waals surface area contributed by atoms with Crippen LogP contribution in [0.1, 0.15) is 41.8 Å². The molecule has 0 saturated carbocycles. The zero-order valence-electron chi connectivity index (χ0n) is 19.2. The van der Waals surface area contributed by atoms with Crippen molar-refractivity contribution < 1.29 is 13.7 Å². The van der Waals surface area contributed by atoms with E-state index in [0.717, 1.165) is 50.0 Å². The Labute approximate surface area is 202 Å². The topological polar surface area (TPSA) is 58.4 Å². The molecule has 2 aromatic heterocycles. The number of nitrogens with one attached hydrogen (secondary N) is 1. The third kappa shape index (κ3) is 5.37. The highest BCUT2D eigenvalue weighted by Gasteiger charge is 2.25. The van der Waals surface area contributed by atoms with Gasteiger partial charge in [-0.2, -0.15) is 0 Å². The van der Waals surface area contributed by atoms with Gasteiger partial charge in [0, 0.05) is 42.3 Å². The molecule has 2 aliphatic carbocycles. The first-order chi connectivity index (χ1) is 16.6. The lowest BCUT2D eigenvalue weighted by Crippen LogP contribution is -2.34. The molecule has 176 valence electrons. The Morgan fingerprint density at radius 2 is 1.97 bits per heavy atom. The maximum Gasteiger partial charge on any atom is 0.217 e. The number of halogens is 1. The lowest BCUT2D eigenvalue weighted by atomic mass is 9.91. The molecule has 6 rings (SSSR count). The number of benzene rings is 2. The molecule has 34 heavy (non-hydrogen) atoms. The van der Waals surface area contributed by atoms with Crippen LogP contribution >= 0.6 is 11.3 Å². The first-order valence-corrected chi connectivity index (χ1v) is 12.6. The van der Waals surface area contributed by atoms with Crippen LogP contribution in [-0.2, 0) is 17.8 Å². The summed E-state index contributed by atoms with van der Waals surface area (Å²) in [5, 5.41) is 10.1. The number of carbonyl (C=O) groups excluding carboxylic acids is 1. The molecule has 5 nitrogen and oxygen atoms in total. The maximum absolute atomic E-state index is 13.3. The number of hydrogen-bond acceptors (Lipinski definition) is 5. The van der Waals surface area contributed by atoms with Gasteiger partial charge in [0.2, 0.25) is 5.91 Å². The van der Waals surface area contributed by atoms with Gasteiger partial charge in [0.15, 0.2) is 5.58 Å². The first-order valence-electron chi connectivity index (χ1n) is 11.7. The van der Waals surface area contributed by atoms with E-state index in [1.165, 1.54) is 33.7 Å². The summed E-state index contributed by atoms with van der Waals surface area (Å²) in [4.78, 5) is 15.0. The molecule has 1 aromatic carbocycles. The second-order valence-corrected chi connectivity index (χ2v) is 9.93. The summed E-state index contributed by atoms with van der Waals surface area (Å²) in [6, 6.07) is 15.2. The van der Waals surface area contributed by atoms with Crippen molar-refractivity contribution in [2.45, 2.75) is 38.6 Å². The molecule has 1 N–H and O–H groups in total. The third-order valence-electron chi connectivity index (χ3n) is 6.57. The zero-order valence-corrected chi connectivity index (χ0v) is 20.0. The van der Waals surface area contributed by atoms with Crippen molar-refractivity contribution in [3.8, 4) is 11.1 Å². The normalized spacial score (nSPS) is 15.1. The van der Waals surface area contributed by atoms with Gasteiger partial charge in [0.05, 0.1) is 5.69 Å². The SMILES string of the molecule is CC(=O)NCc1ccsc1CCN1CCC(c2noc3cc(F)ccc23)CC1.c1cc2cc-2c1. The minimum Gasteiger partial charge on any atom is -0.356 e. The fraction of sp³-hybridized carbons (Fsp3) is 0.333. The number of thiophene rings is 1. The van der Waals surface area contributed by atoms with E-state index in [2.05, 4.69) is 51.1 Å². The number of piperidine rings is 1. The monoisotopic (exact) mass is 477 g/mol. The molecule has 7 heteroatoms. The predicted molar refractivity (Wildman–Crippen MR) is 133 cm³/mol. The molecule has 0 spiro atoms. The van der Waals surface area contributed by atoms with Gasteiger partial charge in [-0.3, -0.25) is 4.79 Å². The maximum atomic E-state index is 13.3. The Morgan fingerprint density at radius 1 is 1.18 bits per heavy atom. The van der Waals surface area contributed by atoms with Crippen LogP contribution in [0, 0.1) is 5.82 Å². The smallest absolute Gasteiger partial charge is 0.217 e. The van der Waals surface area contributed by atoms with E-state index in [1.54, 1.807) is 24.3 Å². The number of carbonyl (C=O) groups is 1. The van der Waals surface area contributed by atoms with Crippen LogP contribution in [0.2, 0.25) is 0 Å². The summed E-state index contributed by atoms with van der Waals surface area (Å²) in [6.45, 7) is 5.21. The van der Waals surface area contributed by atoms with E-state index in [9.17, 15) is 9.18 Å². The average molecular weight is 478 g/mol. The van der Waals surface area contributed by atoms with Crippen molar-refractivity contribution in [3.63, 3.8) is 0 Å². The summed E-state index contributed by atoms with van der Waals surface area (Å²) >= 11 is 1.76. The van der Waals surface area contributed by atoms with E-state index in [-0.39, 0.29) is 11.7 Å². The summed E-state index contributed by atoms with van der Waals surface area (Å²) < 4.78 is 18.7. The van der Waals surface area contributed by atoms with Crippen LogP contribution in [0.15, 0.2) is 58.4 Å². The zero-order chi connectivity index (χ0) is 23.5. The van der Waals surface area contributed by atoms with Gasteiger partial charge in [0.1, 0.15) is 5.82 Å². The lowest BCUT2D eigenvalue weighted by Gasteiger charge is -2.31. The van der Waals surface area contributed by atoms with Crippen LogP contribution in [0.25, 0.3) is 22.1 Å². The van der Waals surface area contributed by atoms with E-state index < -0.39 is 0 Å².